The van der Waals surface area contributed by atoms with Crippen LogP contribution in [0.3, 0.4) is 0 Å². The molecule has 0 atom stereocenters. The molecule has 0 amide bonds. The highest BCUT2D eigenvalue weighted by molar-refractivity contribution is 7.89. The first kappa shape index (κ1) is 15.7. The zero-order valence-electron chi connectivity index (χ0n) is 10.8. The fraction of sp³-hybridized carbons (Fsp3) is 0.286. The third-order valence-electron chi connectivity index (χ3n) is 1.66. The van der Waals surface area contributed by atoms with Gasteiger partial charge in [-0.15, -0.1) is 0 Å². The monoisotopic (exact) mass is 252 g/mol. The predicted octanol–water partition coefficient (Wildman–Crippen LogP) is 3.53. The summed E-state index contributed by atoms with van der Waals surface area (Å²) in [6, 6.07) is 16.7. The van der Waals surface area contributed by atoms with Gasteiger partial charge in [-0.3, -0.25) is 0 Å². The average molecular weight is 252 g/mol. The number of hydrogen-bond acceptors (Lipinski definition) is 2. The molecule has 0 radical (unpaired) electrons. The Hall–Kier alpha value is -1.35. The second-order valence-corrected chi connectivity index (χ2v) is 5.78. The van der Waals surface area contributed by atoms with Crippen molar-refractivity contribution in [3.05, 3.63) is 48.5 Å². The molecule has 17 heavy (non-hydrogen) atoms. The van der Waals surface area contributed by atoms with Crippen molar-refractivity contribution in [2.45, 2.75) is 13.8 Å². The van der Waals surface area contributed by atoms with Gasteiger partial charge in [-0.2, -0.15) is 0 Å². The van der Waals surface area contributed by atoms with Crippen molar-refractivity contribution >= 4 is 20.6 Å². The molecule has 0 fully saturated rings. The molecule has 0 aliphatic carbocycles. The van der Waals surface area contributed by atoms with Crippen LogP contribution in [-0.2, 0) is 9.84 Å². The smallest absolute Gasteiger partial charge is 0.144 e. The molecule has 0 aliphatic heterocycles. The largest absolute Gasteiger partial charge is 0.229 e. The van der Waals surface area contributed by atoms with Crippen LogP contribution in [0.25, 0.3) is 10.8 Å². The number of hydrogen-bond donors (Lipinski definition) is 0. The van der Waals surface area contributed by atoms with E-state index in [0.29, 0.717) is 0 Å². The van der Waals surface area contributed by atoms with Gasteiger partial charge >= 0.3 is 0 Å². The highest BCUT2D eigenvalue weighted by atomic mass is 32.2. The molecule has 0 saturated carbocycles. The molecule has 0 spiro atoms. The van der Waals surface area contributed by atoms with Crippen LogP contribution in [-0.4, -0.2) is 20.9 Å². The van der Waals surface area contributed by atoms with Gasteiger partial charge in [0.1, 0.15) is 9.84 Å². The van der Waals surface area contributed by atoms with Gasteiger partial charge in [-0.1, -0.05) is 62.4 Å². The Morgan fingerprint density at radius 2 is 0.882 bits per heavy atom. The van der Waals surface area contributed by atoms with Gasteiger partial charge in [-0.05, 0) is 10.8 Å². The van der Waals surface area contributed by atoms with E-state index in [1.807, 2.05) is 13.8 Å². The molecule has 0 bridgehead atoms. The third kappa shape index (κ3) is 8.46. The fourth-order valence-corrected chi connectivity index (χ4v) is 1.13. The first-order valence-corrected chi connectivity index (χ1v) is 7.85. The average Bonchev–Trinajstić information content (AvgIpc) is 2.30. The lowest BCUT2D eigenvalue weighted by molar-refractivity contribution is 0.607. The minimum atomic E-state index is -2.67. The Bertz CT molecular complexity index is 457. The summed E-state index contributed by atoms with van der Waals surface area (Å²) in [4.78, 5) is 0. The molecule has 3 heteroatoms. The SMILES string of the molecule is CC.CS(C)(=O)=O.c1ccc2ccccc2c1. The minimum Gasteiger partial charge on any atom is -0.229 e. The van der Waals surface area contributed by atoms with E-state index < -0.39 is 9.84 Å². The van der Waals surface area contributed by atoms with Gasteiger partial charge in [0.25, 0.3) is 0 Å². The van der Waals surface area contributed by atoms with E-state index >= 15 is 0 Å². The quantitative estimate of drug-likeness (QED) is 0.719. The van der Waals surface area contributed by atoms with Crippen molar-refractivity contribution in [1.82, 2.24) is 0 Å². The summed E-state index contributed by atoms with van der Waals surface area (Å²) in [7, 11) is -2.67. The van der Waals surface area contributed by atoms with Gasteiger partial charge < -0.3 is 0 Å². The maximum absolute atomic E-state index is 9.63. The second kappa shape index (κ2) is 7.85. The normalized spacial score (nSPS) is 9.65. The molecular formula is C14H20O2S. The minimum absolute atomic E-state index is 1.16. The van der Waals surface area contributed by atoms with Crippen LogP contribution in [0.5, 0.6) is 0 Å². The summed E-state index contributed by atoms with van der Waals surface area (Å²) >= 11 is 0. The first-order chi connectivity index (χ1) is 7.97. The third-order valence-corrected chi connectivity index (χ3v) is 1.66. The summed E-state index contributed by atoms with van der Waals surface area (Å²) in [5.74, 6) is 0. The summed E-state index contributed by atoms with van der Waals surface area (Å²) in [5.41, 5.74) is 0. The molecule has 0 N–H and O–H groups in total. The summed E-state index contributed by atoms with van der Waals surface area (Å²) in [6.07, 6.45) is 2.32. The Morgan fingerprint density at radius 1 is 0.706 bits per heavy atom. The van der Waals surface area contributed by atoms with Crippen LogP contribution >= 0.6 is 0 Å². The van der Waals surface area contributed by atoms with Crippen LogP contribution in [0.2, 0.25) is 0 Å². The molecule has 2 rings (SSSR count). The first-order valence-electron chi connectivity index (χ1n) is 5.55. The lowest BCUT2D eigenvalue weighted by Gasteiger charge is -1.92. The van der Waals surface area contributed by atoms with Gasteiger partial charge in [0.2, 0.25) is 0 Å². The molecular weight excluding hydrogens is 232 g/mol. The van der Waals surface area contributed by atoms with E-state index in [4.69, 9.17) is 0 Å². The Morgan fingerprint density at radius 3 is 1.06 bits per heavy atom. The van der Waals surface area contributed by atoms with Crippen molar-refractivity contribution in [3.63, 3.8) is 0 Å². The molecule has 0 unspecified atom stereocenters. The summed E-state index contributed by atoms with van der Waals surface area (Å²) < 4.78 is 19.3. The molecule has 2 nitrogen and oxygen atoms in total. The summed E-state index contributed by atoms with van der Waals surface area (Å²) in [5, 5.41) is 2.62. The van der Waals surface area contributed by atoms with Crippen LogP contribution in [0.4, 0.5) is 0 Å². The van der Waals surface area contributed by atoms with E-state index in [1.165, 1.54) is 10.8 Å². The fourth-order valence-electron chi connectivity index (χ4n) is 1.13. The number of rotatable bonds is 0. The number of sulfone groups is 1. The number of benzene rings is 2. The predicted molar refractivity (Wildman–Crippen MR) is 76.1 cm³/mol. The zero-order chi connectivity index (χ0) is 13.3. The van der Waals surface area contributed by atoms with Crippen molar-refractivity contribution in [3.8, 4) is 0 Å². The van der Waals surface area contributed by atoms with E-state index in [2.05, 4.69) is 48.5 Å². The Labute approximate surface area is 104 Å². The molecule has 2 aromatic carbocycles. The van der Waals surface area contributed by atoms with Crippen molar-refractivity contribution in [2.75, 3.05) is 12.5 Å². The molecule has 94 valence electrons. The van der Waals surface area contributed by atoms with Crippen LogP contribution in [0, 0.1) is 0 Å². The molecule has 0 saturated heterocycles. The van der Waals surface area contributed by atoms with Crippen LogP contribution in [0.15, 0.2) is 48.5 Å². The van der Waals surface area contributed by atoms with Gasteiger partial charge in [-0.25, -0.2) is 8.42 Å². The maximum atomic E-state index is 9.63. The second-order valence-electron chi connectivity index (χ2n) is 3.49. The molecule has 0 heterocycles. The van der Waals surface area contributed by atoms with Crippen molar-refractivity contribution in [2.24, 2.45) is 0 Å². The van der Waals surface area contributed by atoms with Gasteiger partial charge in [0, 0.05) is 12.5 Å². The van der Waals surface area contributed by atoms with Crippen LogP contribution < -0.4 is 0 Å². The standard InChI is InChI=1S/C10H8.C2H6O2S.C2H6/c1-2-6-10-8-4-3-7-9(10)5-1;1-5(2,3)4;1-2/h1-8H;1-2H3;1-2H3. The molecule has 2 aromatic rings. The van der Waals surface area contributed by atoms with E-state index in [1.54, 1.807) is 0 Å². The van der Waals surface area contributed by atoms with Gasteiger partial charge in [0.15, 0.2) is 0 Å². The van der Waals surface area contributed by atoms with E-state index in [-0.39, 0.29) is 0 Å². The molecule has 0 aliphatic rings. The van der Waals surface area contributed by atoms with Gasteiger partial charge in [0.05, 0.1) is 0 Å². The molecule has 0 aromatic heterocycles. The van der Waals surface area contributed by atoms with Crippen LogP contribution in [0.1, 0.15) is 13.8 Å². The van der Waals surface area contributed by atoms with E-state index in [0.717, 1.165) is 12.5 Å². The summed E-state index contributed by atoms with van der Waals surface area (Å²) in [6.45, 7) is 4.00. The highest BCUT2D eigenvalue weighted by Crippen LogP contribution is 2.11. The maximum Gasteiger partial charge on any atom is 0.144 e. The lowest BCUT2D eigenvalue weighted by Crippen LogP contribution is -1.86. The Kier molecular flexibility index (Phi) is 7.22. The lowest BCUT2D eigenvalue weighted by atomic mass is 10.1. The van der Waals surface area contributed by atoms with Crippen molar-refractivity contribution < 1.29 is 8.42 Å². The van der Waals surface area contributed by atoms with Crippen molar-refractivity contribution in [1.29, 1.82) is 0 Å². The highest BCUT2D eigenvalue weighted by Gasteiger charge is 1.85. The number of fused-ring (bicyclic) bond motifs is 1. The zero-order valence-corrected chi connectivity index (χ0v) is 11.7. The Balaban J connectivity index is 0.000000315. The topological polar surface area (TPSA) is 34.1 Å². The van der Waals surface area contributed by atoms with E-state index in [9.17, 15) is 8.42 Å².